The molecular weight excluding hydrogens is 331 g/mol. The Kier molecular flexibility index (Phi) is 5.35. The van der Waals surface area contributed by atoms with Crippen molar-refractivity contribution in [2.45, 2.75) is 32.9 Å². The maximum absolute atomic E-state index is 13.5. The molecule has 1 aliphatic heterocycles. The monoisotopic (exact) mass is 354 g/mol. The molecular formula is C21H23FN2O2. The first-order valence-corrected chi connectivity index (χ1v) is 8.86. The SMILES string of the molecule is CC(C)N(Cc1ccccc1)C(=O)C1CC(=O)N(c2cccc(F)c2)C1. The third-order valence-electron chi connectivity index (χ3n) is 4.70. The van der Waals surface area contributed by atoms with E-state index in [0.29, 0.717) is 18.8 Å². The average molecular weight is 354 g/mol. The van der Waals surface area contributed by atoms with Crippen LogP contribution in [0.25, 0.3) is 0 Å². The van der Waals surface area contributed by atoms with Crippen LogP contribution in [0.4, 0.5) is 10.1 Å². The van der Waals surface area contributed by atoms with Crippen LogP contribution in [0.2, 0.25) is 0 Å². The molecule has 0 radical (unpaired) electrons. The van der Waals surface area contributed by atoms with Crippen molar-refractivity contribution in [2.75, 3.05) is 11.4 Å². The van der Waals surface area contributed by atoms with E-state index >= 15 is 0 Å². The van der Waals surface area contributed by atoms with Gasteiger partial charge < -0.3 is 9.80 Å². The Labute approximate surface area is 153 Å². The van der Waals surface area contributed by atoms with Gasteiger partial charge in [0.25, 0.3) is 0 Å². The molecule has 0 N–H and O–H groups in total. The van der Waals surface area contributed by atoms with Crippen LogP contribution < -0.4 is 4.90 Å². The van der Waals surface area contributed by atoms with Crippen molar-refractivity contribution in [2.24, 2.45) is 5.92 Å². The summed E-state index contributed by atoms with van der Waals surface area (Å²) < 4.78 is 13.5. The Bertz CT molecular complexity index is 792. The van der Waals surface area contributed by atoms with Crippen LogP contribution in [-0.4, -0.2) is 29.3 Å². The molecule has 1 saturated heterocycles. The second-order valence-corrected chi connectivity index (χ2v) is 6.93. The maximum atomic E-state index is 13.5. The van der Waals surface area contributed by atoms with Gasteiger partial charge in [-0.15, -0.1) is 0 Å². The average Bonchev–Trinajstić information content (AvgIpc) is 3.01. The lowest BCUT2D eigenvalue weighted by Crippen LogP contribution is -2.41. The fourth-order valence-electron chi connectivity index (χ4n) is 3.30. The zero-order valence-corrected chi connectivity index (χ0v) is 15.1. The highest BCUT2D eigenvalue weighted by atomic mass is 19.1. The predicted octanol–water partition coefficient (Wildman–Crippen LogP) is 3.62. The first-order chi connectivity index (χ1) is 12.5. The van der Waals surface area contributed by atoms with E-state index in [2.05, 4.69) is 0 Å². The number of carbonyl (C=O) groups is 2. The summed E-state index contributed by atoms with van der Waals surface area (Å²) >= 11 is 0. The molecule has 0 saturated carbocycles. The van der Waals surface area contributed by atoms with Crippen molar-refractivity contribution in [3.63, 3.8) is 0 Å². The molecule has 26 heavy (non-hydrogen) atoms. The van der Waals surface area contributed by atoms with Gasteiger partial charge >= 0.3 is 0 Å². The number of carbonyl (C=O) groups excluding carboxylic acids is 2. The third kappa shape index (κ3) is 3.93. The Morgan fingerprint density at radius 2 is 1.92 bits per heavy atom. The first-order valence-electron chi connectivity index (χ1n) is 8.86. The second kappa shape index (κ2) is 7.68. The van der Waals surface area contributed by atoms with E-state index < -0.39 is 11.7 Å². The number of hydrogen-bond acceptors (Lipinski definition) is 2. The van der Waals surface area contributed by atoms with Crippen molar-refractivity contribution in [3.05, 3.63) is 66.0 Å². The van der Waals surface area contributed by atoms with Gasteiger partial charge in [0, 0.05) is 31.2 Å². The maximum Gasteiger partial charge on any atom is 0.228 e. The van der Waals surface area contributed by atoms with Gasteiger partial charge in [0.15, 0.2) is 0 Å². The lowest BCUT2D eigenvalue weighted by atomic mass is 10.1. The van der Waals surface area contributed by atoms with Crippen LogP contribution in [0.1, 0.15) is 25.8 Å². The topological polar surface area (TPSA) is 40.6 Å². The number of benzene rings is 2. The minimum absolute atomic E-state index is 0.0287. The Hall–Kier alpha value is -2.69. The molecule has 1 unspecified atom stereocenters. The third-order valence-corrected chi connectivity index (χ3v) is 4.70. The molecule has 1 fully saturated rings. The summed E-state index contributed by atoms with van der Waals surface area (Å²) in [5.74, 6) is -0.969. The quantitative estimate of drug-likeness (QED) is 0.823. The zero-order chi connectivity index (χ0) is 18.7. The van der Waals surface area contributed by atoms with Crippen LogP contribution in [0.15, 0.2) is 54.6 Å². The van der Waals surface area contributed by atoms with E-state index in [1.165, 1.54) is 17.0 Å². The largest absolute Gasteiger partial charge is 0.336 e. The standard InChI is InChI=1S/C21H23FN2O2/c1-15(2)23(13-16-7-4-3-5-8-16)21(26)17-11-20(25)24(14-17)19-10-6-9-18(22)12-19/h3-10,12,15,17H,11,13-14H2,1-2H3. The summed E-state index contributed by atoms with van der Waals surface area (Å²) in [5, 5.41) is 0. The normalized spacial score (nSPS) is 17.0. The van der Waals surface area contributed by atoms with Gasteiger partial charge in [-0.1, -0.05) is 36.4 Å². The van der Waals surface area contributed by atoms with E-state index in [-0.39, 0.29) is 24.3 Å². The number of amides is 2. The number of hydrogen-bond donors (Lipinski definition) is 0. The van der Waals surface area contributed by atoms with Crippen molar-refractivity contribution in [3.8, 4) is 0 Å². The highest BCUT2D eigenvalue weighted by Crippen LogP contribution is 2.27. The molecule has 0 spiro atoms. The lowest BCUT2D eigenvalue weighted by molar-refractivity contribution is -0.138. The minimum Gasteiger partial charge on any atom is -0.336 e. The zero-order valence-electron chi connectivity index (χ0n) is 15.1. The van der Waals surface area contributed by atoms with Gasteiger partial charge in [0.05, 0.1) is 5.92 Å². The molecule has 2 amide bonds. The lowest BCUT2D eigenvalue weighted by Gasteiger charge is -2.29. The van der Waals surface area contributed by atoms with Gasteiger partial charge in [-0.2, -0.15) is 0 Å². The van der Waals surface area contributed by atoms with Gasteiger partial charge in [-0.3, -0.25) is 9.59 Å². The summed E-state index contributed by atoms with van der Waals surface area (Å²) in [7, 11) is 0. The number of halogens is 1. The molecule has 1 atom stereocenters. The van der Waals surface area contributed by atoms with Crippen LogP contribution >= 0.6 is 0 Å². The minimum atomic E-state index is -0.406. The van der Waals surface area contributed by atoms with E-state index in [0.717, 1.165) is 5.56 Å². The van der Waals surface area contributed by atoms with E-state index in [9.17, 15) is 14.0 Å². The second-order valence-electron chi connectivity index (χ2n) is 6.93. The van der Waals surface area contributed by atoms with Crippen molar-refractivity contribution in [1.82, 2.24) is 4.90 Å². The van der Waals surface area contributed by atoms with Gasteiger partial charge in [-0.25, -0.2) is 4.39 Å². The fraction of sp³-hybridized carbons (Fsp3) is 0.333. The molecule has 1 aliphatic rings. The smallest absolute Gasteiger partial charge is 0.228 e. The van der Waals surface area contributed by atoms with Crippen LogP contribution in [0.5, 0.6) is 0 Å². The number of anilines is 1. The molecule has 2 aromatic rings. The molecule has 1 heterocycles. The Morgan fingerprint density at radius 1 is 1.19 bits per heavy atom. The number of nitrogens with zero attached hydrogens (tertiary/aromatic N) is 2. The summed E-state index contributed by atoms with van der Waals surface area (Å²) in [6.45, 7) is 4.75. The summed E-state index contributed by atoms with van der Waals surface area (Å²) in [4.78, 5) is 28.8. The molecule has 4 nitrogen and oxygen atoms in total. The first kappa shape index (κ1) is 18.1. The van der Waals surface area contributed by atoms with Gasteiger partial charge in [-0.05, 0) is 37.6 Å². The molecule has 0 aromatic heterocycles. The van der Waals surface area contributed by atoms with E-state index in [4.69, 9.17) is 0 Å². The molecule has 2 aromatic carbocycles. The van der Waals surface area contributed by atoms with Crippen molar-refractivity contribution < 1.29 is 14.0 Å². The highest BCUT2D eigenvalue weighted by Gasteiger charge is 2.37. The molecule has 0 bridgehead atoms. The number of rotatable bonds is 5. The summed E-state index contributed by atoms with van der Waals surface area (Å²) in [6.07, 6.45) is 0.160. The van der Waals surface area contributed by atoms with Crippen molar-refractivity contribution in [1.29, 1.82) is 0 Å². The van der Waals surface area contributed by atoms with Crippen LogP contribution in [-0.2, 0) is 16.1 Å². The Morgan fingerprint density at radius 3 is 2.58 bits per heavy atom. The fourth-order valence-corrected chi connectivity index (χ4v) is 3.30. The van der Waals surface area contributed by atoms with E-state index in [1.54, 1.807) is 12.1 Å². The molecule has 3 rings (SSSR count). The Balaban J connectivity index is 1.75. The predicted molar refractivity (Wildman–Crippen MR) is 99.0 cm³/mol. The van der Waals surface area contributed by atoms with E-state index in [1.807, 2.05) is 49.1 Å². The van der Waals surface area contributed by atoms with Gasteiger partial charge in [0.1, 0.15) is 5.82 Å². The molecule has 0 aliphatic carbocycles. The summed E-state index contributed by atoms with van der Waals surface area (Å²) in [6, 6.07) is 15.8. The van der Waals surface area contributed by atoms with Crippen LogP contribution in [0.3, 0.4) is 0 Å². The summed E-state index contributed by atoms with van der Waals surface area (Å²) in [5.41, 5.74) is 1.56. The molecule has 136 valence electrons. The van der Waals surface area contributed by atoms with Crippen molar-refractivity contribution >= 4 is 17.5 Å². The molecule has 5 heteroatoms. The highest BCUT2D eigenvalue weighted by molar-refractivity contribution is 6.00. The van der Waals surface area contributed by atoms with Gasteiger partial charge in [0.2, 0.25) is 11.8 Å². The van der Waals surface area contributed by atoms with Crippen LogP contribution in [0, 0.1) is 11.7 Å².